The molecule has 0 aliphatic carbocycles. The molecule has 0 aliphatic rings. The van der Waals surface area contributed by atoms with Gasteiger partial charge in [-0.1, -0.05) is 212 Å². The Bertz CT molecular complexity index is 4170. The zero-order valence-electron chi connectivity index (χ0n) is 38.3. The Morgan fingerprint density at radius 3 is 1.26 bits per heavy atom. The van der Waals surface area contributed by atoms with E-state index < -0.39 is 8.07 Å². The van der Waals surface area contributed by atoms with Crippen LogP contribution < -0.4 is 20.7 Å². The van der Waals surface area contributed by atoms with Crippen LogP contribution in [-0.4, -0.2) is 21.8 Å². The predicted molar refractivity (Wildman–Crippen MR) is 299 cm³/mol. The number of aromatic nitrogens is 3. The minimum atomic E-state index is -2.71. The molecule has 0 saturated heterocycles. The number of rotatable bonds is 8. The summed E-state index contributed by atoms with van der Waals surface area (Å²) in [5.41, 5.74) is 12.9. The van der Waals surface area contributed by atoms with Crippen LogP contribution in [0.3, 0.4) is 0 Å². The van der Waals surface area contributed by atoms with E-state index in [4.69, 9.17) is 0 Å². The van der Waals surface area contributed by atoms with Gasteiger partial charge in [0.2, 0.25) is 0 Å². The fraction of sp³-hybridized carbons (Fsp3) is 0. The lowest BCUT2D eigenvalue weighted by Gasteiger charge is -2.34. The molecular weight excluding hydrogens is 863 g/mol. The van der Waals surface area contributed by atoms with Crippen molar-refractivity contribution in [3.05, 3.63) is 273 Å². The number of benzene rings is 11. The first-order chi connectivity index (χ1) is 34.8. The van der Waals surface area contributed by atoms with Gasteiger partial charge in [0.25, 0.3) is 0 Å². The van der Waals surface area contributed by atoms with Crippen molar-refractivity contribution < 1.29 is 0 Å². The molecule has 14 rings (SSSR count). The molecule has 3 heterocycles. The normalized spacial score (nSPS) is 12.0. The van der Waals surface area contributed by atoms with Crippen LogP contribution in [0.1, 0.15) is 0 Å². The molecule has 0 saturated carbocycles. The molecule has 0 spiro atoms. The number of hydrogen-bond donors (Lipinski definition) is 0. The zero-order chi connectivity index (χ0) is 46.2. The molecule has 0 aliphatic heterocycles. The highest BCUT2D eigenvalue weighted by atomic mass is 28.3. The van der Waals surface area contributed by atoms with E-state index in [-0.39, 0.29) is 0 Å². The van der Waals surface area contributed by atoms with Gasteiger partial charge in [0, 0.05) is 54.9 Å². The summed E-state index contributed by atoms with van der Waals surface area (Å²) < 4.78 is 7.40. The first-order valence-electron chi connectivity index (χ1n) is 24.2. The topological polar surface area (TPSA) is 14.8 Å². The number of fused-ring (bicyclic) bond motifs is 9. The highest BCUT2D eigenvalue weighted by Gasteiger charge is 2.41. The maximum atomic E-state index is 2.51. The zero-order valence-corrected chi connectivity index (χ0v) is 39.3. The van der Waals surface area contributed by atoms with Crippen LogP contribution in [0.2, 0.25) is 0 Å². The Labute approximate surface area is 407 Å². The quantitative estimate of drug-likeness (QED) is 0.107. The van der Waals surface area contributed by atoms with Crippen molar-refractivity contribution in [3.63, 3.8) is 0 Å². The van der Waals surface area contributed by atoms with Crippen LogP contribution in [0, 0.1) is 0 Å². The number of nitrogens with zero attached hydrogens (tertiary/aromatic N) is 3. The van der Waals surface area contributed by atoms with Gasteiger partial charge in [-0.05, 0) is 87.0 Å². The second-order valence-corrected chi connectivity index (χ2v) is 22.2. The van der Waals surface area contributed by atoms with Gasteiger partial charge in [-0.25, -0.2) is 0 Å². The molecule has 14 aromatic rings. The van der Waals surface area contributed by atoms with E-state index in [0.29, 0.717) is 0 Å². The van der Waals surface area contributed by atoms with Crippen LogP contribution >= 0.6 is 0 Å². The molecular formula is C66H45N3Si. The molecule has 0 amide bonds. The first-order valence-corrected chi connectivity index (χ1v) is 26.2. The molecule has 0 N–H and O–H groups in total. The molecule has 0 radical (unpaired) electrons. The Morgan fingerprint density at radius 1 is 0.229 bits per heavy atom. The van der Waals surface area contributed by atoms with Gasteiger partial charge in [0.15, 0.2) is 8.07 Å². The molecule has 70 heavy (non-hydrogen) atoms. The lowest BCUT2D eigenvalue weighted by atomic mass is 9.97. The fourth-order valence-electron chi connectivity index (χ4n) is 11.9. The van der Waals surface area contributed by atoms with Gasteiger partial charge in [0.05, 0.1) is 33.1 Å². The second-order valence-electron chi connectivity index (χ2n) is 18.4. The largest absolute Gasteiger partial charge is 0.309 e. The fourth-order valence-corrected chi connectivity index (χ4v) is 16.6. The van der Waals surface area contributed by atoms with E-state index in [0.717, 1.165) is 17.1 Å². The van der Waals surface area contributed by atoms with E-state index in [2.05, 4.69) is 287 Å². The van der Waals surface area contributed by atoms with E-state index in [1.165, 1.54) is 97.3 Å². The van der Waals surface area contributed by atoms with Crippen molar-refractivity contribution in [2.24, 2.45) is 0 Å². The van der Waals surface area contributed by atoms with Gasteiger partial charge in [0.1, 0.15) is 0 Å². The Balaban J connectivity index is 0.999. The molecule has 0 bridgehead atoms. The Hall–Kier alpha value is -8.96. The van der Waals surface area contributed by atoms with Gasteiger partial charge in [-0.2, -0.15) is 0 Å². The summed E-state index contributed by atoms with van der Waals surface area (Å²) in [6, 6.07) is 101. The van der Waals surface area contributed by atoms with E-state index in [1.54, 1.807) is 0 Å². The van der Waals surface area contributed by atoms with Gasteiger partial charge < -0.3 is 13.7 Å². The first kappa shape index (κ1) is 40.1. The molecule has 3 nitrogen and oxygen atoms in total. The van der Waals surface area contributed by atoms with Gasteiger partial charge in [-0.3, -0.25) is 0 Å². The predicted octanol–water partition coefficient (Wildman–Crippen LogP) is 14.0. The Kier molecular flexibility index (Phi) is 9.23. The standard InChI is InChI=1S/C66H45N3Si/c1-5-21-46(22-6-1)67-62-37-18-15-31-59(62)65-56(32-20-38-63(65)67)58-34-19-33-57-54-30-14-17-36-61(54)69(66(57)58)48-41-44-55-53-29-13-16-35-60(53)68(64(55)45-48)47-39-42-52(43-40-47)70(49-23-7-2-8-24-49,50-25-9-3-10-26-50)51-27-11-4-12-28-51/h1-45H. The van der Waals surface area contributed by atoms with Crippen LogP contribution in [0.25, 0.3) is 93.6 Å². The molecule has 11 aromatic carbocycles. The molecule has 0 unspecified atom stereocenters. The maximum Gasteiger partial charge on any atom is 0.179 e. The summed E-state index contributed by atoms with van der Waals surface area (Å²) in [5.74, 6) is 0. The van der Waals surface area contributed by atoms with Gasteiger partial charge >= 0.3 is 0 Å². The third kappa shape index (κ3) is 5.94. The highest BCUT2D eigenvalue weighted by molar-refractivity contribution is 7.19. The minimum Gasteiger partial charge on any atom is -0.309 e. The SMILES string of the molecule is c1ccc(-n2c3ccccc3c3c(-c4cccc5c6ccccc6n(-c6ccc7c8ccccc8n(-c8ccc([Si](c9ccccc9)(c9ccccc9)c9ccccc9)cc8)c7c6)c45)cccc32)cc1. The lowest BCUT2D eigenvalue weighted by Crippen LogP contribution is -2.74. The summed E-state index contributed by atoms with van der Waals surface area (Å²) in [7, 11) is -2.71. The van der Waals surface area contributed by atoms with Gasteiger partial charge in [-0.15, -0.1) is 0 Å². The van der Waals surface area contributed by atoms with Crippen LogP contribution in [0.4, 0.5) is 0 Å². The summed E-state index contributed by atoms with van der Waals surface area (Å²) in [6.45, 7) is 0. The van der Waals surface area contributed by atoms with E-state index >= 15 is 0 Å². The van der Waals surface area contributed by atoms with Crippen molar-refractivity contribution in [1.82, 2.24) is 13.7 Å². The molecule has 4 heteroatoms. The third-order valence-electron chi connectivity index (χ3n) is 14.8. The molecule has 0 atom stereocenters. The second kappa shape index (κ2) is 16.1. The van der Waals surface area contributed by atoms with Crippen molar-refractivity contribution in [1.29, 1.82) is 0 Å². The van der Waals surface area contributed by atoms with Crippen LogP contribution in [0.15, 0.2) is 273 Å². The lowest BCUT2D eigenvalue weighted by molar-refractivity contribution is 1.16. The maximum absolute atomic E-state index is 2.71. The summed E-state index contributed by atoms with van der Waals surface area (Å²) in [4.78, 5) is 0. The molecule has 328 valence electrons. The summed E-state index contributed by atoms with van der Waals surface area (Å²) in [6.07, 6.45) is 0. The van der Waals surface area contributed by atoms with Crippen molar-refractivity contribution in [2.75, 3.05) is 0 Å². The monoisotopic (exact) mass is 907 g/mol. The van der Waals surface area contributed by atoms with Crippen LogP contribution in [0.5, 0.6) is 0 Å². The average molecular weight is 908 g/mol. The van der Waals surface area contributed by atoms with Crippen molar-refractivity contribution in [3.8, 4) is 28.2 Å². The number of hydrogen-bond acceptors (Lipinski definition) is 0. The summed E-state index contributed by atoms with van der Waals surface area (Å²) >= 11 is 0. The van der Waals surface area contributed by atoms with E-state index in [9.17, 15) is 0 Å². The summed E-state index contributed by atoms with van der Waals surface area (Å²) in [5, 5.41) is 12.9. The Morgan fingerprint density at radius 2 is 0.629 bits per heavy atom. The van der Waals surface area contributed by atoms with Crippen molar-refractivity contribution >= 4 is 94.2 Å². The third-order valence-corrected chi connectivity index (χ3v) is 19.6. The van der Waals surface area contributed by atoms with Crippen LogP contribution in [-0.2, 0) is 0 Å². The average Bonchev–Trinajstić information content (AvgIpc) is 4.09. The molecule has 0 fully saturated rings. The van der Waals surface area contributed by atoms with E-state index in [1.807, 2.05) is 0 Å². The minimum absolute atomic E-state index is 1.12. The number of para-hydroxylation sites is 5. The molecule has 3 aromatic heterocycles. The smallest absolute Gasteiger partial charge is 0.179 e. The highest BCUT2D eigenvalue weighted by Crippen LogP contribution is 2.44. The van der Waals surface area contributed by atoms with Crippen molar-refractivity contribution in [2.45, 2.75) is 0 Å².